The Morgan fingerprint density at radius 2 is 2.04 bits per heavy atom. The van der Waals surface area contributed by atoms with E-state index in [1.807, 2.05) is 37.3 Å². The molecule has 1 heterocycles. The first kappa shape index (κ1) is 18.0. The number of likely N-dealkylation sites (tertiary alicyclic amines) is 1. The highest BCUT2D eigenvalue weighted by atomic mass is 16.5. The maximum absolute atomic E-state index is 12.5. The Hall–Kier alpha value is -1.39. The lowest BCUT2D eigenvalue weighted by Gasteiger charge is -2.46. The first-order valence-corrected chi connectivity index (χ1v) is 8.65. The Labute approximate surface area is 139 Å². The number of benzene rings is 1. The molecule has 1 aliphatic rings. The number of aliphatic hydroxyl groups is 1. The lowest BCUT2D eigenvalue weighted by atomic mass is 9.71. The molecule has 1 aliphatic heterocycles. The van der Waals surface area contributed by atoms with Gasteiger partial charge in [-0.3, -0.25) is 4.79 Å². The summed E-state index contributed by atoms with van der Waals surface area (Å²) in [5, 5.41) is 11.0. The van der Waals surface area contributed by atoms with Crippen molar-refractivity contribution in [2.24, 2.45) is 5.41 Å². The van der Waals surface area contributed by atoms with Gasteiger partial charge in [0.05, 0.1) is 12.7 Å². The van der Waals surface area contributed by atoms with Crippen LogP contribution in [0.15, 0.2) is 30.3 Å². The highest BCUT2D eigenvalue weighted by molar-refractivity contribution is 5.78. The number of carbonyl (C=O) groups excluding carboxylic acids is 1. The average molecular weight is 319 g/mol. The number of piperidine rings is 1. The molecule has 0 unspecified atom stereocenters. The highest BCUT2D eigenvalue weighted by Crippen LogP contribution is 2.39. The van der Waals surface area contributed by atoms with Crippen molar-refractivity contribution in [1.82, 2.24) is 4.90 Å². The molecule has 0 aromatic heterocycles. The van der Waals surface area contributed by atoms with Gasteiger partial charge in [0.1, 0.15) is 5.41 Å². The number of hydrogen-bond acceptors (Lipinski definition) is 4. The zero-order valence-corrected chi connectivity index (χ0v) is 14.5. The molecule has 0 radical (unpaired) electrons. The number of aliphatic hydroxyl groups excluding tert-OH is 1. The zero-order chi connectivity index (χ0) is 16.9. The Balaban J connectivity index is 2.29. The Bertz CT molecular complexity index is 505. The van der Waals surface area contributed by atoms with E-state index < -0.39 is 11.5 Å². The normalized spacial score (nSPS) is 28.5. The van der Waals surface area contributed by atoms with E-state index in [9.17, 15) is 9.90 Å². The van der Waals surface area contributed by atoms with Gasteiger partial charge >= 0.3 is 5.97 Å². The van der Waals surface area contributed by atoms with E-state index in [0.717, 1.165) is 31.5 Å². The summed E-state index contributed by atoms with van der Waals surface area (Å²) in [5.41, 5.74) is 0.194. The SMILES string of the molecule is CCCCN1C[C@H](c2ccccc2)[C@@H](O)[C@@](C)(C(=O)OCC)C1. The van der Waals surface area contributed by atoms with E-state index in [2.05, 4.69) is 11.8 Å². The van der Waals surface area contributed by atoms with E-state index in [1.165, 1.54) is 0 Å². The number of ether oxygens (including phenoxy) is 1. The van der Waals surface area contributed by atoms with Crippen molar-refractivity contribution in [3.63, 3.8) is 0 Å². The number of esters is 1. The second kappa shape index (κ2) is 7.93. The van der Waals surface area contributed by atoms with Crippen molar-refractivity contribution >= 4 is 5.97 Å². The molecule has 0 bridgehead atoms. The Kier molecular flexibility index (Phi) is 6.19. The largest absolute Gasteiger partial charge is 0.465 e. The third-order valence-electron chi connectivity index (χ3n) is 4.84. The van der Waals surface area contributed by atoms with Crippen molar-refractivity contribution in [3.8, 4) is 0 Å². The summed E-state index contributed by atoms with van der Waals surface area (Å²) in [6.07, 6.45) is 1.48. The fraction of sp³-hybridized carbons (Fsp3) is 0.632. The van der Waals surface area contributed by atoms with Crippen molar-refractivity contribution in [2.45, 2.75) is 45.6 Å². The lowest BCUT2D eigenvalue weighted by Crippen LogP contribution is -2.58. The van der Waals surface area contributed by atoms with Crippen LogP contribution in [0.1, 0.15) is 45.1 Å². The van der Waals surface area contributed by atoms with Crippen molar-refractivity contribution < 1.29 is 14.6 Å². The van der Waals surface area contributed by atoms with E-state index in [0.29, 0.717) is 13.2 Å². The van der Waals surface area contributed by atoms with Gasteiger partial charge in [-0.25, -0.2) is 0 Å². The van der Waals surface area contributed by atoms with Crippen LogP contribution in [0.5, 0.6) is 0 Å². The molecule has 0 saturated carbocycles. The van der Waals surface area contributed by atoms with Crippen LogP contribution in [0.3, 0.4) is 0 Å². The highest BCUT2D eigenvalue weighted by Gasteiger charge is 2.50. The third kappa shape index (κ3) is 3.93. The number of hydrogen-bond donors (Lipinski definition) is 1. The van der Waals surface area contributed by atoms with E-state index in [-0.39, 0.29) is 11.9 Å². The number of nitrogens with zero attached hydrogens (tertiary/aromatic N) is 1. The molecule has 128 valence electrons. The smallest absolute Gasteiger partial charge is 0.315 e. The first-order valence-electron chi connectivity index (χ1n) is 8.65. The van der Waals surface area contributed by atoms with Gasteiger partial charge in [0.25, 0.3) is 0 Å². The van der Waals surface area contributed by atoms with Gasteiger partial charge in [0, 0.05) is 19.0 Å². The minimum atomic E-state index is -0.886. The van der Waals surface area contributed by atoms with Gasteiger partial charge < -0.3 is 14.7 Å². The lowest BCUT2D eigenvalue weighted by molar-refractivity contribution is -0.169. The molecule has 23 heavy (non-hydrogen) atoms. The monoisotopic (exact) mass is 319 g/mol. The molecule has 4 heteroatoms. The predicted octanol–water partition coefficient (Wildman–Crippen LogP) is 2.82. The van der Waals surface area contributed by atoms with Gasteiger partial charge in [-0.15, -0.1) is 0 Å². The van der Waals surface area contributed by atoms with Crippen molar-refractivity contribution in [1.29, 1.82) is 0 Å². The summed E-state index contributed by atoms with van der Waals surface area (Å²) < 4.78 is 5.27. The van der Waals surface area contributed by atoms with E-state index >= 15 is 0 Å². The molecule has 1 fully saturated rings. The maximum Gasteiger partial charge on any atom is 0.315 e. The van der Waals surface area contributed by atoms with E-state index in [1.54, 1.807) is 6.92 Å². The van der Waals surface area contributed by atoms with Gasteiger partial charge in [0.15, 0.2) is 0 Å². The zero-order valence-electron chi connectivity index (χ0n) is 14.5. The Morgan fingerprint density at radius 1 is 1.35 bits per heavy atom. The standard InChI is InChI=1S/C19H29NO3/c1-4-6-12-20-13-16(15-10-8-7-9-11-15)17(21)19(3,14-20)18(22)23-5-2/h7-11,16-17,21H,4-6,12-14H2,1-3H3/t16-,17-,19+/m1/s1. The first-order chi connectivity index (χ1) is 11.0. The molecule has 0 spiro atoms. The van der Waals surface area contributed by atoms with Crippen LogP contribution in [-0.4, -0.2) is 48.3 Å². The van der Waals surface area contributed by atoms with Gasteiger partial charge in [-0.05, 0) is 32.4 Å². The molecular formula is C19H29NO3. The maximum atomic E-state index is 12.5. The van der Waals surface area contributed by atoms with E-state index in [4.69, 9.17) is 4.74 Å². The molecule has 1 saturated heterocycles. The van der Waals surface area contributed by atoms with Crippen molar-refractivity contribution in [3.05, 3.63) is 35.9 Å². The molecule has 0 aliphatic carbocycles. The second-order valence-corrected chi connectivity index (χ2v) is 6.69. The molecule has 3 atom stereocenters. The summed E-state index contributed by atoms with van der Waals surface area (Å²) in [5.74, 6) is -0.370. The third-order valence-corrected chi connectivity index (χ3v) is 4.84. The molecule has 1 aromatic carbocycles. The number of carbonyl (C=O) groups is 1. The molecule has 1 aromatic rings. The second-order valence-electron chi connectivity index (χ2n) is 6.69. The van der Waals surface area contributed by atoms with Crippen LogP contribution >= 0.6 is 0 Å². The van der Waals surface area contributed by atoms with Crippen LogP contribution in [0.4, 0.5) is 0 Å². The molecule has 4 nitrogen and oxygen atoms in total. The summed E-state index contributed by atoms with van der Waals surface area (Å²) in [6.45, 7) is 8.42. The molecular weight excluding hydrogens is 290 g/mol. The van der Waals surface area contributed by atoms with Crippen LogP contribution in [0.25, 0.3) is 0 Å². The minimum absolute atomic E-state index is 0.0730. The molecule has 0 amide bonds. The van der Waals surface area contributed by atoms with Crippen LogP contribution in [-0.2, 0) is 9.53 Å². The molecule has 1 N–H and O–H groups in total. The van der Waals surface area contributed by atoms with Gasteiger partial charge in [0.2, 0.25) is 0 Å². The average Bonchev–Trinajstić information content (AvgIpc) is 2.56. The predicted molar refractivity (Wildman–Crippen MR) is 91.3 cm³/mol. The van der Waals surface area contributed by atoms with Gasteiger partial charge in [-0.2, -0.15) is 0 Å². The fourth-order valence-corrected chi connectivity index (χ4v) is 3.47. The topological polar surface area (TPSA) is 49.8 Å². The summed E-state index contributed by atoms with van der Waals surface area (Å²) in [6, 6.07) is 9.99. The fourth-order valence-electron chi connectivity index (χ4n) is 3.47. The summed E-state index contributed by atoms with van der Waals surface area (Å²) >= 11 is 0. The minimum Gasteiger partial charge on any atom is -0.465 e. The van der Waals surface area contributed by atoms with Crippen LogP contribution in [0.2, 0.25) is 0 Å². The van der Waals surface area contributed by atoms with Crippen LogP contribution < -0.4 is 0 Å². The number of rotatable bonds is 6. The molecule has 2 rings (SSSR count). The van der Waals surface area contributed by atoms with Crippen LogP contribution in [0, 0.1) is 5.41 Å². The number of unbranched alkanes of at least 4 members (excludes halogenated alkanes) is 1. The summed E-state index contributed by atoms with van der Waals surface area (Å²) in [4.78, 5) is 14.8. The Morgan fingerprint density at radius 3 is 2.65 bits per heavy atom. The van der Waals surface area contributed by atoms with Gasteiger partial charge in [-0.1, -0.05) is 43.7 Å². The quantitative estimate of drug-likeness (QED) is 0.819. The summed E-state index contributed by atoms with van der Waals surface area (Å²) in [7, 11) is 0. The van der Waals surface area contributed by atoms with Crippen molar-refractivity contribution in [2.75, 3.05) is 26.2 Å².